The van der Waals surface area contributed by atoms with Crippen molar-refractivity contribution in [2.24, 2.45) is 0 Å². The number of anilines is 1. The van der Waals surface area contributed by atoms with E-state index >= 15 is 0 Å². The number of carbonyl (C=O) groups excluding carboxylic acids is 1. The lowest BCUT2D eigenvalue weighted by Crippen LogP contribution is -2.41. The van der Waals surface area contributed by atoms with Gasteiger partial charge < -0.3 is 15.7 Å². The molecule has 3 N–H and O–H groups in total. The normalized spacial score (nSPS) is 13.9. The van der Waals surface area contributed by atoms with Crippen LogP contribution in [0.1, 0.15) is 6.92 Å². The maximum Gasteiger partial charge on any atom is 0.238 e. The number of para-hydroxylation sites is 1. The lowest BCUT2D eigenvalue weighted by molar-refractivity contribution is -0.115. The monoisotopic (exact) mass is 268 g/mol. The smallest absolute Gasteiger partial charge is 0.238 e. The van der Waals surface area contributed by atoms with E-state index in [2.05, 4.69) is 10.6 Å². The minimum atomic E-state index is -0.0779. The number of hydrogen-bond donors (Lipinski definition) is 3. The Morgan fingerprint density at radius 3 is 2.61 bits per heavy atom. The highest BCUT2D eigenvalue weighted by atomic mass is 32.2. The molecule has 0 aliphatic rings. The molecule has 2 unspecified atom stereocenters. The lowest BCUT2D eigenvalue weighted by atomic mass is 10.2. The summed E-state index contributed by atoms with van der Waals surface area (Å²) in [5.41, 5.74) is 0.792. The Morgan fingerprint density at radius 2 is 2.06 bits per heavy atom. The molecule has 2 atom stereocenters. The van der Waals surface area contributed by atoms with Crippen LogP contribution in [0.3, 0.4) is 0 Å². The number of benzene rings is 1. The molecule has 100 valence electrons. The van der Waals surface area contributed by atoms with Crippen LogP contribution in [-0.4, -0.2) is 41.7 Å². The van der Waals surface area contributed by atoms with Crippen molar-refractivity contribution in [1.82, 2.24) is 5.32 Å². The van der Waals surface area contributed by atoms with Crippen molar-refractivity contribution >= 4 is 23.4 Å². The van der Waals surface area contributed by atoms with Gasteiger partial charge in [0.2, 0.25) is 5.91 Å². The fourth-order valence-electron chi connectivity index (χ4n) is 1.55. The fraction of sp³-hybridized carbons (Fsp3) is 0.462. The van der Waals surface area contributed by atoms with E-state index < -0.39 is 0 Å². The number of aliphatic hydroxyl groups excluding tert-OH is 1. The van der Waals surface area contributed by atoms with E-state index in [1.807, 2.05) is 43.5 Å². The zero-order chi connectivity index (χ0) is 13.4. The molecule has 0 spiro atoms. The summed E-state index contributed by atoms with van der Waals surface area (Å²) in [6, 6.07) is 9.44. The Bertz CT molecular complexity index is 355. The van der Waals surface area contributed by atoms with Gasteiger partial charge in [0.1, 0.15) is 0 Å². The molecule has 1 rings (SSSR count). The van der Waals surface area contributed by atoms with E-state index in [0.717, 1.165) is 5.69 Å². The molecule has 0 heterocycles. The summed E-state index contributed by atoms with van der Waals surface area (Å²) < 4.78 is 0. The molecule has 4 nitrogen and oxygen atoms in total. The second kappa shape index (κ2) is 8.13. The zero-order valence-corrected chi connectivity index (χ0v) is 11.5. The topological polar surface area (TPSA) is 61.4 Å². The van der Waals surface area contributed by atoms with E-state index in [9.17, 15) is 4.79 Å². The lowest BCUT2D eigenvalue weighted by Gasteiger charge is -2.21. The van der Waals surface area contributed by atoms with Gasteiger partial charge in [-0.05, 0) is 25.3 Å². The van der Waals surface area contributed by atoms with E-state index in [-0.39, 0.29) is 30.4 Å². The number of amides is 1. The standard InChI is InChI=1S/C13H20N2O2S/c1-10(12(9-16)18-2)14-8-13(17)15-11-6-4-3-5-7-11/h3-7,10,12,14,16H,8-9H2,1-2H3,(H,15,17). The van der Waals surface area contributed by atoms with Gasteiger partial charge in [0.25, 0.3) is 0 Å². The van der Waals surface area contributed by atoms with Crippen LogP contribution in [0, 0.1) is 0 Å². The van der Waals surface area contributed by atoms with Crippen LogP contribution >= 0.6 is 11.8 Å². The zero-order valence-electron chi connectivity index (χ0n) is 10.7. The van der Waals surface area contributed by atoms with Crippen LogP contribution in [-0.2, 0) is 4.79 Å². The average molecular weight is 268 g/mol. The van der Waals surface area contributed by atoms with Crippen LogP contribution in [0.4, 0.5) is 5.69 Å². The van der Waals surface area contributed by atoms with Crippen LogP contribution in [0.15, 0.2) is 30.3 Å². The molecule has 5 heteroatoms. The predicted molar refractivity (Wildman–Crippen MR) is 76.9 cm³/mol. The molecule has 0 radical (unpaired) electrons. The van der Waals surface area contributed by atoms with Gasteiger partial charge in [-0.2, -0.15) is 11.8 Å². The molecule has 0 saturated heterocycles. The molecule has 0 aliphatic heterocycles. The van der Waals surface area contributed by atoms with E-state index in [1.165, 1.54) is 0 Å². The number of carbonyl (C=O) groups is 1. The minimum Gasteiger partial charge on any atom is -0.395 e. The Hall–Kier alpha value is -1.04. The predicted octanol–water partition coefficient (Wildman–Crippen LogP) is 1.33. The second-order valence-corrected chi connectivity index (χ2v) is 5.12. The molecule has 0 bridgehead atoms. The van der Waals surface area contributed by atoms with Gasteiger partial charge in [-0.15, -0.1) is 0 Å². The number of hydrogen-bond acceptors (Lipinski definition) is 4. The van der Waals surface area contributed by atoms with Crippen molar-refractivity contribution in [2.75, 3.05) is 24.7 Å². The van der Waals surface area contributed by atoms with Gasteiger partial charge >= 0.3 is 0 Å². The average Bonchev–Trinajstić information content (AvgIpc) is 2.39. The molecule has 0 fully saturated rings. The summed E-state index contributed by atoms with van der Waals surface area (Å²) in [6.07, 6.45) is 1.95. The molecular weight excluding hydrogens is 248 g/mol. The van der Waals surface area contributed by atoms with Gasteiger partial charge in [0, 0.05) is 17.0 Å². The molecule has 0 aromatic heterocycles. The molecule has 1 aromatic rings. The fourth-order valence-corrected chi connectivity index (χ4v) is 2.20. The van der Waals surface area contributed by atoms with Crippen molar-refractivity contribution in [3.05, 3.63) is 30.3 Å². The molecular formula is C13H20N2O2S. The quantitative estimate of drug-likeness (QED) is 0.698. The summed E-state index contributed by atoms with van der Waals surface area (Å²) in [5, 5.41) is 15.2. The number of rotatable bonds is 7. The van der Waals surface area contributed by atoms with E-state index in [1.54, 1.807) is 11.8 Å². The highest BCUT2D eigenvalue weighted by molar-refractivity contribution is 7.99. The van der Waals surface area contributed by atoms with Gasteiger partial charge in [0.05, 0.1) is 13.2 Å². The molecule has 1 aromatic carbocycles. The maximum atomic E-state index is 11.7. The van der Waals surface area contributed by atoms with Crippen molar-refractivity contribution in [2.45, 2.75) is 18.2 Å². The van der Waals surface area contributed by atoms with Crippen molar-refractivity contribution < 1.29 is 9.90 Å². The van der Waals surface area contributed by atoms with Crippen LogP contribution in [0.5, 0.6) is 0 Å². The van der Waals surface area contributed by atoms with E-state index in [0.29, 0.717) is 0 Å². The molecule has 1 amide bonds. The van der Waals surface area contributed by atoms with Crippen molar-refractivity contribution in [3.63, 3.8) is 0 Å². The summed E-state index contributed by atoms with van der Waals surface area (Å²) in [5.74, 6) is -0.0779. The van der Waals surface area contributed by atoms with Crippen LogP contribution in [0.2, 0.25) is 0 Å². The van der Waals surface area contributed by atoms with E-state index in [4.69, 9.17) is 5.11 Å². The first-order chi connectivity index (χ1) is 8.67. The van der Waals surface area contributed by atoms with Crippen molar-refractivity contribution in [1.29, 1.82) is 0 Å². The first-order valence-corrected chi connectivity index (χ1v) is 7.18. The largest absolute Gasteiger partial charge is 0.395 e. The first-order valence-electron chi connectivity index (χ1n) is 5.89. The summed E-state index contributed by atoms with van der Waals surface area (Å²) >= 11 is 1.59. The molecule has 18 heavy (non-hydrogen) atoms. The molecule has 0 aliphatic carbocycles. The summed E-state index contributed by atoms with van der Waals surface area (Å²) in [6.45, 7) is 2.32. The number of aliphatic hydroxyl groups is 1. The third-order valence-corrected chi connectivity index (χ3v) is 3.85. The molecule has 0 saturated carbocycles. The van der Waals surface area contributed by atoms with Crippen LogP contribution in [0.25, 0.3) is 0 Å². The third kappa shape index (κ3) is 5.08. The summed E-state index contributed by atoms with van der Waals surface area (Å²) in [7, 11) is 0. The minimum absolute atomic E-state index is 0.0779. The number of nitrogens with one attached hydrogen (secondary N) is 2. The van der Waals surface area contributed by atoms with Crippen LogP contribution < -0.4 is 10.6 Å². The first kappa shape index (κ1) is 15.0. The van der Waals surface area contributed by atoms with Gasteiger partial charge in [-0.25, -0.2) is 0 Å². The van der Waals surface area contributed by atoms with Gasteiger partial charge in [0.15, 0.2) is 0 Å². The van der Waals surface area contributed by atoms with Gasteiger partial charge in [-0.1, -0.05) is 18.2 Å². The Labute approximate surface area is 112 Å². The highest BCUT2D eigenvalue weighted by Crippen LogP contribution is 2.10. The SMILES string of the molecule is CSC(CO)C(C)NCC(=O)Nc1ccccc1. The second-order valence-electron chi connectivity index (χ2n) is 4.04. The number of thioether (sulfide) groups is 1. The van der Waals surface area contributed by atoms with Gasteiger partial charge in [-0.3, -0.25) is 4.79 Å². The maximum absolute atomic E-state index is 11.7. The summed E-state index contributed by atoms with van der Waals surface area (Å²) in [4.78, 5) is 11.7. The highest BCUT2D eigenvalue weighted by Gasteiger charge is 2.15. The Kier molecular flexibility index (Phi) is 6.78. The third-order valence-electron chi connectivity index (χ3n) is 2.68. The Balaban J connectivity index is 2.33. The Morgan fingerprint density at radius 1 is 1.39 bits per heavy atom. The van der Waals surface area contributed by atoms with Crippen molar-refractivity contribution in [3.8, 4) is 0 Å².